The van der Waals surface area contributed by atoms with E-state index in [4.69, 9.17) is 0 Å². The molecule has 1 aliphatic rings. The van der Waals surface area contributed by atoms with Gasteiger partial charge in [0, 0.05) is 37.0 Å². The van der Waals surface area contributed by atoms with Crippen LogP contribution in [-0.2, 0) is 5.41 Å². The summed E-state index contributed by atoms with van der Waals surface area (Å²) in [5.41, 5.74) is 11.5. The molecule has 9 rings (SSSR count). The third kappa shape index (κ3) is 3.99. The van der Waals surface area contributed by atoms with Gasteiger partial charge in [0.1, 0.15) is 0 Å². The first kappa shape index (κ1) is 26.2. The summed E-state index contributed by atoms with van der Waals surface area (Å²) in [5, 5.41) is 5.17. The van der Waals surface area contributed by atoms with Crippen LogP contribution < -0.4 is 4.90 Å². The average molecular weight is 594 g/mol. The van der Waals surface area contributed by atoms with Gasteiger partial charge in [0.05, 0.1) is 5.69 Å². The lowest BCUT2D eigenvalue weighted by Crippen LogP contribution is -2.14. The number of fused-ring (bicyclic) bond motifs is 8. The highest BCUT2D eigenvalue weighted by Gasteiger charge is 2.36. The van der Waals surface area contributed by atoms with E-state index in [2.05, 4.69) is 170 Å². The minimum absolute atomic E-state index is 0.0129. The number of anilines is 3. The van der Waals surface area contributed by atoms with Crippen LogP contribution in [0.3, 0.4) is 0 Å². The number of nitrogens with zero attached hydrogens (tertiary/aromatic N) is 1. The van der Waals surface area contributed by atoms with Gasteiger partial charge in [0.25, 0.3) is 0 Å². The fraction of sp³-hybridized carbons (Fsp3) is 0.0698. The van der Waals surface area contributed by atoms with E-state index in [1.807, 2.05) is 11.3 Å². The molecule has 1 heterocycles. The summed E-state index contributed by atoms with van der Waals surface area (Å²) in [6.07, 6.45) is 0. The van der Waals surface area contributed by atoms with Crippen molar-refractivity contribution in [3.05, 3.63) is 163 Å². The van der Waals surface area contributed by atoms with Crippen molar-refractivity contribution in [3.63, 3.8) is 0 Å². The molecule has 0 spiro atoms. The van der Waals surface area contributed by atoms with Crippen molar-refractivity contribution in [3.8, 4) is 22.3 Å². The fourth-order valence-corrected chi connectivity index (χ4v) is 8.59. The lowest BCUT2D eigenvalue weighted by atomic mass is 9.82. The molecule has 7 aromatic carbocycles. The van der Waals surface area contributed by atoms with Gasteiger partial charge in [-0.1, -0.05) is 123 Å². The smallest absolute Gasteiger partial charge is 0.0554 e. The summed E-state index contributed by atoms with van der Waals surface area (Å²) >= 11 is 1.87. The standard InChI is InChI=1S/C43H31NS/c1-43(2)36-15-8-6-13-34(36)41-33-25-24-32(27-30(33)21-26-37(41)43)44(31-22-19-29(20-23-31)28-11-4-3-5-12-28)38-16-10-18-40-42(38)35-14-7-9-17-39(35)45-40/h3-27H,1-2H3. The molecule has 214 valence electrons. The first-order valence-corrected chi connectivity index (χ1v) is 16.4. The van der Waals surface area contributed by atoms with Gasteiger partial charge in [-0.3, -0.25) is 0 Å². The van der Waals surface area contributed by atoms with Crippen LogP contribution >= 0.6 is 11.3 Å². The maximum absolute atomic E-state index is 2.45. The van der Waals surface area contributed by atoms with Gasteiger partial charge >= 0.3 is 0 Å². The van der Waals surface area contributed by atoms with Gasteiger partial charge < -0.3 is 4.90 Å². The average Bonchev–Trinajstić information content (AvgIpc) is 3.58. The lowest BCUT2D eigenvalue weighted by Gasteiger charge is -2.27. The van der Waals surface area contributed by atoms with Crippen molar-refractivity contribution < 1.29 is 0 Å². The van der Waals surface area contributed by atoms with E-state index in [0.717, 1.165) is 11.4 Å². The Balaban J connectivity index is 1.27. The Morgan fingerprint density at radius 2 is 1.22 bits per heavy atom. The van der Waals surface area contributed by atoms with Crippen molar-refractivity contribution in [2.45, 2.75) is 19.3 Å². The third-order valence-corrected chi connectivity index (χ3v) is 10.8. The summed E-state index contributed by atoms with van der Waals surface area (Å²) in [7, 11) is 0. The van der Waals surface area contributed by atoms with Crippen molar-refractivity contribution in [2.75, 3.05) is 4.90 Å². The quantitative estimate of drug-likeness (QED) is 0.196. The summed E-state index contributed by atoms with van der Waals surface area (Å²) in [6.45, 7) is 4.70. The van der Waals surface area contributed by atoms with Gasteiger partial charge in [-0.25, -0.2) is 0 Å². The Morgan fingerprint density at radius 3 is 2.09 bits per heavy atom. The van der Waals surface area contributed by atoms with Crippen molar-refractivity contribution in [2.24, 2.45) is 0 Å². The van der Waals surface area contributed by atoms with Crippen molar-refractivity contribution in [1.29, 1.82) is 0 Å². The summed E-state index contributed by atoms with van der Waals surface area (Å²) in [5.74, 6) is 0. The molecular weight excluding hydrogens is 563 g/mol. The summed E-state index contributed by atoms with van der Waals surface area (Å²) < 4.78 is 2.62. The van der Waals surface area contributed by atoms with E-state index < -0.39 is 0 Å². The number of thiophene rings is 1. The zero-order valence-corrected chi connectivity index (χ0v) is 26.1. The molecule has 1 nitrogen and oxygen atoms in total. The van der Waals surface area contributed by atoms with Crippen LogP contribution in [0, 0.1) is 0 Å². The number of hydrogen-bond donors (Lipinski definition) is 0. The topological polar surface area (TPSA) is 3.24 Å². The minimum Gasteiger partial charge on any atom is -0.310 e. The predicted octanol–water partition coefficient (Wildman–Crippen LogP) is 12.7. The second-order valence-corrected chi connectivity index (χ2v) is 13.6. The molecule has 1 aliphatic carbocycles. The zero-order valence-electron chi connectivity index (χ0n) is 25.3. The van der Waals surface area contributed by atoms with E-state index in [9.17, 15) is 0 Å². The Labute approximate surface area is 267 Å². The van der Waals surface area contributed by atoms with Crippen molar-refractivity contribution >= 4 is 59.3 Å². The molecule has 0 N–H and O–H groups in total. The van der Waals surface area contributed by atoms with Crippen LogP contribution in [0.5, 0.6) is 0 Å². The van der Waals surface area contributed by atoms with Crippen LogP contribution in [0.25, 0.3) is 53.2 Å². The first-order chi connectivity index (χ1) is 22.1. The molecule has 0 fully saturated rings. The first-order valence-electron chi connectivity index (χ1n) is 15.6. The Hall–Kier alpha value is -5.18. The monoisotopic (exact) mass is 593 g/mol. The molecule has 8 aromatic rings. The van der Waals surface area contributed by atoms with E-state index in [0.29, 0.717) is 0 Å². The highest BCUT2D eigenvalue weighted by atomic mass is 32.1. The van der Waals surface area contributed by atoms with Gasteiger partial charge in [-0.15, -0.1) is 11.3 Å². The predicted molar refractivity (Wildman–Crippen MR) is 195 cm³/mol. The number of benzene rings is 7. The molecule has 0 saturated heterocycles. The maximum Gasteiger partial charge on any atom is 0.0554 e. The molecule has 45 heavy (non-hydrogen) atoms. The van der Waals surface area contributed by atoms with E-state index in [-0.39, 0.29) is 5.41 Å². The van der Waals surface area contributed by atoms with Crippen LogP contribution in [0.2, 0.25) is 0 Å². The number of rotatable bonds is 4. The summed E-state index contributed by atoms with van der Waals surface area (Å²) in [6, 6.07) is 55.8. The van der Waals surface area contributed by atoms with Gasteiger partial charge in [0.15, 0.2) is 0 Å². The maximum atomic E-state index is 2.45. The molecule has 1 aromatic heterocycles. The van der Waals surface area contributed by atoms with Gasteiger partial charge in [-0.2, -0.15) is 0 Å². The fourth-order valence-electron chi connectivity index (χ4n) is 7.46. The summed E-state index contributed by atoms with van der Waals surface area (Å²) in [4.78, 5) is 2.45. The molecule has 0 unspecified atom stereocenters. The minimum atomic E-state index is -0.0129. The Morgan fingerprint density at radius 1 is 0.511 bits per heavy atom. The molecule has 0 radical (unpaired) electrons. The highest BCUT2D eigenvalue weighted by molar-refractivity contribution is 7.26. The van der Waals surface area contributed by atoms with Crippen LogP contribution in [0.15, 0.2) is 152 Å². The number of hydrogen-bond acceptors (Lipinski definition) is 2. The second kappa shape index (κ2) is 9.92. The molecule has 0 saturated carbocycles. The zero-order chi connectivity index (χ0) is 30.1. The normalized spacial score (nSPS) is 13.3. The van der Waals surface area contributed by atoms with Crippen LogP contribution in [0.4, 0.5) is 17.1 Å². The van der Waals surface area contributed by atoms with E-state index >= 15 is 0 Å². The van der Waals surface area contributed by atoms with Crippen molar-refractivity contribution in [1.82, 2.24) is 0 Å². The van der Waals surface area contributed by atoms with Gasteiger partial charge in [0.2, 0.25) is 0 Å². The van der Waals surface area contributed by atoms with Gasteiger partial charge in [-0.05, 0) is 86.6 Å². The molecule has 0 atom stereocenters. The third-order valence-electron chi connectivity index (χ3n) is 9.66. The van der Waals surface area contributed by atoms with E-state index in [1.54, 1.807) is 0 Å². The highest BCUT2D eigenvalue weighted by Crippen LogP contribution is 2.52. The Kier molecular flexibility index (Phi) is 5.78. The lowest BCUT2D eigenvalue weighted by molar-refractivity contribution is 0.661. The second-order valence-electron chi connectivity index (χ2n) is 12.6. The largest absolute Gasteiger partial charge is 0.310 e. The van der Waals surface area contributed by atoms with E-state index in [1.165, 1.54) is 70.0 Å². The molecular formula is C43H31NS. The molecule has 2 heteroatoms. The molecule has 0 bridgehead atoms. The SMILES string of the molecule is CC1(C)c2ccccc2-c2c1ccc1cc(N(c3ccc(-c4ccccc4)cc3)c3cccc4sc5ccccc5c34)ccc21. The van der Waals surface area contributed by atoms with Crippen LogP contribution in [-0.4, -0.2) is 0 Å². The Bertz CT molecular complexity index is 2400. The molecule has 0 amide bonds. The van der Waals surface area contributed by atoms with Crippen LogP contribution in [0.1, 0.15) is 25.0 Å². The molecule has 0 aliphatic heterocycles.